The van der Waals surface area contributed by atoms with Gasteiger partial charge in [-0.15, -0.1) is 0 Å². The summed E-state index contributed by atoms with van der Waals surface area (Å²) in [4.78, 5) is 30.4. The van der Waals surface area contributed by atoms with E-state index in [1.165, 1.54) is 11.0 Å². The van der Waals surface area contributed by atoms with E-state index in [0.717, 1.165) is 30.7 Å². The molecule has 1 aliphatic heterocycles. The van der Waals surface area contributed by atoms with E-state index in [1.54, 1.807) is 0 Å². The average Bonchev–Trinajstić information content (AvgIpc) is 3.33. The Labute approximate surface area is 158 Å². The average molecular weight is 397 g/mol. The lowest BCUT2D eigenvalue weighted by atomic mass is 9.89. The second kappa shape index (κ2) is 7.18. The molecule has 4 rings (SSSR count). The predicted octanol–water partition coefficient (Wildman–Crippen LogP) is 3.07. The molecule has 0 radical (unpaired) electrons. The molecule has 0 aromatic heterocycles. The summed E-state index contributed by atoms with van der Waals surface area (Å²) in [5, 5.41) is 2.39. The van der Waals surface area contributed by atoms with Crippen molar-refractivity contribution in [2.75, 3.05) is 0 Å². The fourth-order valence-corrected chi connectivity index (χ4v) is 4.33. The van der Waals surface area contributed by atoms with Crippen LogP contribution in [0.2, 0.25) is 0 Å². The molecule has 3 aliphatic rings. The SMILES string of the molecule is O=C(CC1SC(=Nc2ccc(F)cc2F)N(C2CC(F)C2)C1=O)NC1CC1. The molecule has 144 valence electrons. The van der Waals surface area contributed by atoms with Crippen molar-refractivity contribution in [1.82, 2.24) is 10.2 Å². The second-order valence-corrected chi connectivity index (χ2v) is 8.24. The molecule has 3 fully saturated rings. The lowest BCUT2D eigenvalue weighted by molar-refractivity contribution is -0.132. The monoisotopic (exact) mass is 397 g/mol. The van der Waals surface area contributed by atoms with E-state index in [-0.39, 0.29) is 54.0 Å². The van der Waals surface area contributed by atoms with E-state index in [2.05, 4.69) is 10.3 Å². The normalized spacial score (nSPS) is 29.1. The van der Waals surface area contributed by atoms with Gasteiger partial charge in [0.15, 0.2) is 11.0 Å². The van der Waals surface area contributed by atoms with Gasteiger partial charge in [0.05, 0.1) is 0 Å². The van der Waals surface area contributed by atoms with Crippen LogP contribution in [0.25, 0.3) is 0 Å². The number of amides is 2. The summed E-state index contributed by atoms with van der Waals surface area (Å²) in [6, 6.07) is 2.82. The number of aliphatic imine (C=N–C) groups is 1. The van der Waals surface area contributed by atoms with Gasteiger partial charge in [-0.05, 0) is 37.8 Å². The van der Waals surface area contributed by atoms with Gasteiger partial charge < -0.3 is 5.32 Å². The molecule has 1 aromatic rings. The summed E-state index contributed by atoms with van der Waals surface area (Å²) in [6.45, 7) is 0. The zero-order valence-electron chi connectivity index (χ0n) is 14.3. The highest BCUT2D eigenvalue weighted by atomic mass is 32.2. The maximum Gasteiger partial charge on any atom is 0.242 e. The van der Waals surface area contributed by atoms with Gasteiger partial charge in [0, 0.05) is 24.6 Å². The van der Waals surface area contributed by atoms with Gasteiger partial charge in [-0.2, -0.15) is 0 Å². The van der Waals surface area contributed by atoms with Crippen molar-refractivity contribution in [2.24, 2.45) is 4.99 Å². The van der Waals surface area contributed by atoms with Crippen LogP contribution >= 0.6 is 11.8 Å². The fourth-order valence-electron chi connectivity index (χ4n) is 3.12. The highest BCUT2D eigenvalue weighted by Gasteiger charge is 2.47. The van der Waals surface area contributed by atoms with Crippen LogP contribution in [0.3, 0.4) is 0 Å². The first-order valence-corrected chi connectivity index (χ1v) is 9.75. The Morgan fingerprint density at radius 3 is 2.67 bits per heavy atom. The molecular weight excluding hydrogens is 379 g/mol. The summed E-state index contributed by atoms with van der Waals surface area (Å²) in [7, 11) is 0. The molecule has 2 amide bonds. The molecule has 1 saturated heterocycles. The second-order valence-electron chi connectivity index (χ2n) is 7.07. The third kappa shape index (κ3) is 3.97. The van der Waals surface area contributed by atoms with Crippen molar-refractivity contribution in [2.45, 2.75) is 55.6 Å². The van der Waals surface area contributed by atoms with Crippen molar-refractivity contribution in [1.29, 1.82) is 0 Å². The van der Waals surface area contributed by atoms with Crippen molar-refractivity contribution in [3.63, 3.8) is 0 Å². The number of halogens is 3. The Hall–Kier alpha value is -2.03. The number of benzene rings is 1. The first-order chi connectivity index (χ1) is 12.9. The van der Waals surface area contributed by atoms with Crippen molar-refractivity contribution in [3.05, 3.63) is 29.8 Å². The van der Waals surface area contributed by atoms with Crippen LogP contribution in [0.1, 0.15) is 32.1 Å². The topological polar surface area (TPSA) is 61.8 Å². The van der Waals surface area contributed by atoms with Crippen LogP contribution in [-0.4, -0.2) is 45.4 Å². The van der Waals surface area contributed by atoms with Crippen LogP contribution < -0.4 is 5.32 Å². The summed E-state index contributed by atoms with van der Waals surface area (Å²) >= 11 is 1.07. The van der Waals surface area contributed by atoms with Crippen molar-refractivity contribution >= 4 is 34.4 Å². The van der Waals surface area contributed by atoms with Gasteiger partial charge in [0.25, 0.3) is 0 Å². The molecule has 2 aliphatic carbocycles. The Morgan fingerprint density at radius 1 is 1.30 bits per heavy atom. The van der Waals surface area contributed by atoms with Gasteiger partial charge in [-0.3, -0.25) is 14.5 Å². The third-order valence-corrected chi connectivity index (χ3v) is 5.98. The first-order valence-electron chi connectivity index (χ1n) is 8.87. The van der Waals surface area contributed by atoms with E-state index in [9.17, 15) is 22.8 Å². The minimum atomic E-state index is -0.978. The highest BCUT2D eigenvalue weighted by molar-refractivity contribution is 8.15. The number of carbonyl (C=O) groups is 2. The number of hydrogen-bond donors (Lipinski definition) is 1. The number of rotatable bonds is 5. The molecule has 1 heterocycles. The van der Waals surface area contributed by atoms with Crippen LogP contribution in [-0.2, 0) is 9.59 Å². The molecule has 27 heavy (non-hydrogen) atoms. The number of alkyl halides is 1. The Balaban J connectivity index is 1.56. The molecular formula is C18H18F3N3O2S. The number of carbonyl (C=O) groups excluding carboxylic acids is 2. The minimum absolute atomic E-state index is 0.00675. The van der Waals surface area contributed by atoms with E-state index in [0.29, 0.717) is 6.07 Å². The Morgan fingerprint density at radius 2 is 2.04 bits per heavy atom. The summed E-state index contributed by atoms with van der Waals surface area (Å²) < 4.78 is 40.4. The Bertz CT molecular complexity index is 809. The van der Waals surface area contributed by atoms with E-state index >= 15 is 0 Å². The van der Waals surface area contributed by atoms with Gasteiger partial charge in [-0.1, -0.05) is 11.8 Å². The molecule has 9 heteroatoms. The van der Waals surface area contributed by atoms with E-state index < -0.39 is 23.1 Å². The zero-order valence-corrected chi connectivity index (χ0v) is 15.1. The van der Waals surface area contributed by atoms with Gasteiger partial charge in [-0.25, -0.2) is 18.2 Å². The van der Waals surface area contributed by atoms with Gasteiger partial charge >= 0.3 is 0 Å². The van der Waals surface area contributed by atoms with Crippen molar-refractivity contribution in [3.8, 4) is 0 Å². The van der Waals surface area contributed by atoms with Crippen LogP contribution in [0.5, 0.6) is 0 Å². The highest BCUT2D eigenvalue weighted by Crippen LogP contribution is 2.39. The van der Waals surface area contributed by atoms with Crippen LogP contribution in [0.4, 0.5) is 18.9 Å². The molecule has 5 nitrogen and oxygen atoms in total. The quantitative estimate of drug-likeness (QED) is 0.831. The van der Waals surface area contributed by atoms with Crippen LogP contribution in [0, 0.1) is 11.6 Å². The number of amidine groups is 1. The fraction of sp³-hybridized carbons (Fsp3) is 0.500. The molecule has 1 aromatic carbocycles. The smallest absolute Gasteiger partial charge is 0.242 e. The van der Waals surface area contributed by atoms with Gasteiger partial charge in [0.1, 0.15) is 22.9 Å². The third-order valence-electron chi connectivity index (χ3n) is 4.83. The minimum Gasteiger partial charge on any atom is -0.353 e. The number of hydrogen-bond acceptors (Lipinski definition) is 4. The van der Waals surface area contributed by atoms with E-state index in [4.69, 9.17) is 0 Å². The number of nitrogens with one attached hydrogen (secondary N) is 1. The molecule has 2 saturated carbocycles. The van der Waals surface area contributed by atoms with Crippen molar-refractivity contribution < 1.29 is 22.8 Å². The molecule has 1 atom stereocenters. The lowest BCUT2D eigenvalue weighted by Crippen LogP contribution is -2.49. The van der Waals surface area contributed by atoms with Crippen LogP contribution in [0.15, 0.2) is 23.2 Å². The largest absolute Gasteiger partial charge is 0.353 e. The maximum absolute atomic E-state index is 14.0. The van der Waals surface area contributed by atoms with Gasteiger partial charge in [0.2, 0.25) is 11.8 Å². The standard InChI is InChI=1S/C18H18F3N3O2S/c19-9-1-4-14(13(21)7-9)23-18-24(12-5-10(20)6-12)17(26)15(27-18)8-16(25)22-11-2-3-11/h1,4,7,10-12,15H,2-3,5-6,8H2,(H,22,25). The molecule has 1 N–H and O–H groups in total. The lowest BCUT2D eigenvalue weighted by Gasteiger charge is -2.36. The maximum atomic E-state index is 14.0. The molecule has 1 unspecified atom stereocenters. The number of nitrogens with zero attached hydrogens (tertiary/aromatic N) is 2. The zero-order chi connectivity index (χ0) is 19.1. The van der Waals surface area contributed by atoms with E-state index in [1.807, 2.05) is 0 Å². The summed E-state index contributed by atoms with van der Waals surface area (Å²) in [5.74, 6) is -2.10. The summed E-state index contributed by atoms with van der Waals surface area (Å²) in [5.41, 5.74) is -0.101. The molecule has 0 bridgehead atoms. The first kappa shape index (κ1) is 18.3. The Kier molecular flexibility index (Phi) is 4.88. The predicted molar refractivity (Wildman–Crippen MR) is 95.4 cm³/mol. The number of thioether (sulfide) groups is 1. The summed E-state index contributed by atoms with van der Waals surface area (Å²) in [6.07, 6.45) is 1.29. The molecule has 0 spiro atoms.